The van der Waals surface area contributed by atoms with Gasteiger partial charge in [0.15, 0.2) is 5.78 Å². The molecular weight excluding hydrogens is 583 g/mol. The van der Waals surface area contributed by atoms with Gasteiger partial charge in [0.2, 0.25) is 0 Å². The van der Waals surface area contributed by atoms with E-state index in [1.165, 1.54) is 46.6 Å². The normalized spacial score (nSPS) is 11.1. The van der Waals surface area contributed by atoms with E-state index in [4.69, 9.17) is 4.99 Å². The minimum Gasteiger partial charge on any atom is -0.388 e. The molecule has 0 atom stereocenters. The molecular formula is C39H58F3N3O. The minimum atomic E-state index is -4.39. The van der Waals surface area contributed by atoms with Gasteiger partial charge in [-0.3, -0.25) is 14.7 Å². The molecule has 0 heterocycles. The fraction of sp³-hybridized carbons (Fsp3) is 0.487. The second-order valence-corrected chi connectivity index (χ2v) is 11.3. The van der Waals surface area contributed by atoms with Crippen molar-refractivity contribution in [2.24, 2.45) is 10.9 Å². The standard InChI is InChI=1S/C18H30N2.C11H11F3O.C8H11N.C2H6/c1-7-11-20(8-2)13-17-10-9-15(5)18(12-17)19-16(6)14(3)4;1-2-4-10(15)8-5-3-6-9(7-8)11(12,13)14;1-7-4-3-5-8(6-7)9-2;1-2/h9-10,12,14H,7-8,11,13H2,1-6H3;3,5-7H,2,4H2,1H3;3-6,9H,1-2H3;1-2H3. The Labute approximate surface area is 277 Å². The Morgan fingerprint density at radius 1 is 0.913 bits per heavy atom. The van der Waals surface area contributed by atoms with Crippen molar-refractivity contribution in [1.82, 2.24) is 4.90 Å². The third-order valence-electron chi connectivity index (χ3n) is 7.09. The lowest BCUT2D eigenvalue weighted by molar-refractivity contribution is -0.137. The number of benzene rings is 3. The van der Waals surface area contributed by atoms with Crippen LogP contribution in [0.25, 0.3) is 0 Å². The van der Waals surface area contributed by atoms with Gasteiger partial charge in [-0.2, -0.15) is 13.2 Å². The monoisotopic (exact) mass is 641 g/mol. The summed E-state index contributed by atoms with van der Waals surface area (Å²) in [5.41, 5.74) is 6.77. The Balaban J connectivity index is 0.000000684. The maximum absolute atomic E-state index is 12.3. The van der Waals surface area contributed by atoms with Crippen LogP contribution < -0.4 is 5.32 Å². The highest BCUT2D eigenvalue weighted by atomic mass is 19.4. The number of anilines is 1. The molecule has 4 nitrogen and oxygen atoms in total. The summed E-state index contributed by atoms with van der Waals surface area (Å²) in [4.78, 5) is 18.6. The van der Waals surface area contributed by atoms with Crippen molar-refractivity contribution in [3.8, 4) is 0 Å². The second-order valence-electron chi connectivity index (χ2n) is 11.3. The van der Waals surface area contributed by atoms with Crippen molar-refractivity contribution >= 4 is 22.9 Å². The quantitative estimate of drug-likeness (QED) is 0.167. The third-order valence-corrected chi connectivity index (χ3v) is 7.09. The molecule has 256 valence electrons. The van der Waals surface area contributed by atoms with Crippen molar-refractivity contribution in [2.45, 2.75) is 101 Å². The van der Waals surface area contributed by atoms with E-state index in [1.54, 1.807) is 0 Å². The summed E-state index contributed by atoms with van der Waals surface area (Å²) in [7, 11) is 1.93. The van der Waals surface area contributed by atoms with Gasteiger partial charge in [-0.1, -0.05) is 84.9 Å². The Bertz CT molecular complexity index is 1320. The van der Waals surface area contributed by atoms with E-state index in [1.807, 2.05) is 40.0 Å². The number of aryl methyl sites for hydroxylation is 2. The van der Waals surface area contributed by atoms with Gasteiger partial charge in [0.05, 0.1) is 11.3 Å². The van der Waals surface area contributed by atoms with Crippen molar-refractivity contribution < 1.29 is 18.0 Å². The van der Waals surface area contributed by atoms with Crippen LogP contribution in [0.15, 0.2) is 71.7 Å². The Hall–Kier alpha value is -3.45. The first-order chi connectivity index (χ1) is 21.7. The number of carbonyl (C=O) groups excluding carboxylic acids is 1. The Morgan fingerprint density at radius 2 is 1.57 bits per heavy atom. The number of aliphatic imine (C=N–C) groups is 1. The highest BCUT2D eigenvalue weighted by Crippen LogP contribution is 2.29. The van der Waals surface area contributed by atoms with Crippen LogP contribution in [0.2, 0.25) is 0 Å². The number of carbonyl (C=O) groups is 1. The molecule has 0 fully saturated rings. The zero-order valence-electron chi connectivity index (χ0n) is 30.1. The number of nitrogens with zero attached hydrogens (tertiary/aromatic N) is 2. The van der Waals surface area contributed by atoms with E-state index < -0.39 is 11.7 Å². The van der Waals surface area contributed by atoms with Gasteiger partial charge in [0.25, 0.3) is 0 Å². The second kappa shape index (κ2) is 23.0. The van der Waals surface area contributed by atoms with Crippen LogP contribution in [0.3, 0.4) is 0 Å². The number of Topliss-reactive ketones (excluding diaryl/α,β-unsaturated/α-hetero) is 1. The smallest absolute Gasteiger partial charge is 0.388 e. The van der Waals surface area contributed by atoms with Crippen LogP contribution in [0.5, 0.6) is 0 Å². The molecule has 0 radical (unpaired) electrons. The zero-order valence-corrected chi connectivity index (χ0v) is 30.1. The van der Waals surface area contributed by atoms with Gasteiger partial charge in [-0.15, -0.1) is 0 Å². The average Bonchev–Trinajstić information content (AvgIpc) is 3.03. The molecule has 0 saturated heterocycles. The molecule has 0 amide bonds. The summed E-state index contributed by atoms with van der Waals surface area (Å²) in [5.74, 6) is 0.258. The van der Waals surface area contributed by atoms with E-state index in [0.717, 1.165) is 37.5 Å². The van der Waals surface area contributed by atoms with E-state index in [9.17, 15) is 18.0 Å². The molecule has 46 heavy (non-hydrogen) atoms. The number of hydrogen-bond donors (Lipinski definition) is 1. The van der Waals surface area contributed by atoms with Crippen LogP contribution in [-0.4, -0.2) is 36.5 Å². The number of alkyl halides is 3. The number of nitrogens with one attached hydrogen (secondary N) is 1. The predicted octanol–water partition coefficient (Wildman–Crippen LogP) is 11.7. The van der Waals surface area contributed by atoms with E-state index >= 15 is 0 Å². The van der Waals surface area contributed by atoms with Crippen molar-refractivity contribution in [1.29, 1.82) is 0 Å². The molecule has 0 aliphatic heterocycles. The first-order valence-electron chi connectivity index (χ1n) is 16.6. The fourth-order valence-corrected chi connectivity index (χ4v) is 4.16. The fourth-order valence-electron chi connectivity index (χ4n) is 4.16. The van der Waals surface area contributed by atoms with E-state index in [0.29, 0.717) is 12.3 Å². The van der Waals surface area contributed by atoms with Gasteiger partial charge < -0.3 is 5.32 Å². The van der Waals surface area contributed by atoms with Crippen LogP contribution in [0.1, 0.15) is 107 Å². The van der Waals surface area contributed by atoms with E-state index in [-0.39, 0.29) is 17.8 Å². The summed E-state index contributed by atoms with van der Waals surface area (Å²) in [6.45, 7) is 24.3. The molecule has 0 spiro atoms. The lowest BCUT2D eigenvalue weighted by Crippen LogP contribution is -2.23. The van der Waals surface area contributed by atoms with Crippen molar-refractivity contribution in [2.75, 3.05) is 25.5 Å². The molecule has 0 unspecified atom stereocenters. The number of rotatable bonds is 11. The van der Waals surface area contributed by atoms with Gasteiger partial charge in [-0.25, -0.2) is 0 Å². The Morgan fingerprint density at radius 3 is 2.07 bits per heavy atom. The summed E-state index contributed by atoms with van der Waals surface area (Å²) >= 11 is 0. The van der Waals surface area contributed by atoms with Gasteiger partial charge in [-0.05, 0) is 99.6 Å². The molecule has 7 heteroatoms. The highest BCUT2D eigenvalue weighted by Gasteiger charge is 2.30. The molecule has 3 aromatic rings. The number of hydrogen-bond acceptors (Lipinski definition) is 4. The molecule has 0 saturated carbocycles. The lowest BCUT2D eigenvalue weighted by Gasteiger charge is -2.20. The maximum Gasteiger partial charge on any atom is 0.416 e. The van der Waals surface area contributed by atoms with Crippen LogP contribution >= 0.6 is 0 Å². The summed E-state index contributed by atoms with van der Waals surface area (Å²) < 4.78 is 36.9. The summed E-state index contributed by atoms with van der Waals surface area (Å²) in [5, 5.41) is 3.07. The molecule has 0 aliphatic carbocycles. The van der Waals surface area contributed by atoms with Crippen LogP contribution in [0, 0.1) is 19.8 Å². The minimum absolute atomic E-state index is 0.131. The predicted molar refractivity (Wildman–Crippen MR) is 193 cm³/mol. The lowest BCUT2D eigenvalue weighted by atomic mass is 10.0. The molecule has 3 rings (SSSR count). The van der Waals surface area contributed by atoms with Crippen molar-refractivity contribution in [3.05, 3.63) is 94.5 Å². The van der Waals surface area contributed by atoms with Gasteiger partial charge in [0, 0.05) is 37.0 Å². The summed E-state index contributed by atoms with van der Waals surface area (Å²) in [6, 6.07) is 19.5. The topological polar surface area (TPSA) is 44.7 Å². The molecule has 3 aromatic carbocycles. The molecule has 0 aromatic heterocycles. The number of halogens is 3. The highest BCUT2D eigenvalue weighted by molar-refractivity contribution is 5.96. The SMILES string of the molecule is CC.CCCC(=O)c1cccc(C(F)(F)F)c1.CCCN(CC)Cc1ccc(C)c(N=C(C)C(C)C)c1.CNc1cccc(C)c1. The average molecular weight is 642 g/mol. The largest absolute Gasteiger partial charge is 0.416 e. The molecule has 1 N–H and O–H groups in total. The molecule has 0 aliphatic rings. The van der Waals surface area contributed by atoms with Crippen LogP contribution in [-0.2, 0) is 12.7 Å². The number of ketones is 1. The van der Waals surface area contributed by atoms with Crippen LogP contribution in [0.4, 0.5) is 24.5 Å². The van der Waals surface area contributed by atoms with Gasteiger partial charge in [0.1, 0.15) is 0 Å². The third kappa shape index (κ3) is 16.7. The zero-order chi connectivity index (χ0) is 35.3. The first kappa shape index (κ1) is 42.6. The molecule has 0 bridgehead atoms. The maximum atomic E-state index is 12.3. The van der Waals surface area contributed by atoms with Crippen molar-refractivity contribution in [3.63, 3.8) is 0 Å². The summed E-state index contributed by atoms with van der Waals surface area (Å²) in [6.07, 6.45) is -2.27. The Kier molecular flexibility index (Phi) is 21.2. The van der Waals surface area contributed by atoms with E-state index in [2.05, 4.69) is 89.0 Å². The van der Waals surface area contributed by atoms with Gasteiger partial charge >= 0.3 is 6.18 Å². The first-order valence-corrected chi connectivity index (χ1v) is 16.6.